The van der Waals surface area contributed by atoms with E-state index in [9.17, 15) is 9.59 Å². The molecule has 0 bridgehead atoms. The van der Waals surface area contributed by atoms with Crippen molar-refractivity contribution in [2.45, 2.75) is 13.8 Å². The van der Waals surface area contributed by atoms with E-state index in [1.165, 1.54) is 13.8 Å². The predicted octanol–water partition coefficient (Wildman–Crippen LogP) is 2.34. The maximum Gasteiger partial charge on any atom is 0.176 e. The summed E-state index contributed by atoms with van der Waals surface area (Å²) >= 11 is 0. The van der Waals surface area contributed by atoms with E-state index >= 15 is 0 Å². The molecular formula is C12H11NO2. The smallest absolute Gasteiger partial charge is 0.176 e. The number of fused-ring (bicyclic) bond motifs is 1. The number of rotatable bonds is 2. The highest BCUT2D eigenvalue weighted by molar-refractivity contribution is 6.05. The number of hydrogen-bond acceptors (Lipinski definition) is 2. The fourth-order valence-electron chi connectivity index (χ4n) is 1.71. The van der Waals surface area contributed by atoms with Crippen LogP contribution in [0.25, 0.3) is 5.52 Å². The summed E-state index contributed by atoms with van der Waals surface area (Å²) in [4.78, 5) is 22.7. The molecule has 0 radical (unpaired) electrons. The van der Waals surface area contributed by atoms with Gasteiger partial charge in [0.1, 0.15) is 0 Å². The van der Waals surface area contributed by atoms with Crippen molar-refractivity contribution in [2.75, 3.05) is 0 Å². The van der Waals surface area contributed by atoms with Crippen LogP contribution in [0.4, 0.5) is 0 Å². The molecule has 0 fully saturated rings. The van der Waals surface area contributed by atoms with E-state index < -0.39 is 0 Å². The van der Waals surface area contributed by atoms with Crippen LogP contribution in [0.5, 0.6) is 0 Å². The van der Waals surface area contributed by atoms with Crippen molar-refractivity contribution in [3.8, 4) is 0 Å². The summed E-state index contributed by atoms with van der Waals surface area (Å²) in [5.74, 6) is -0.0603. The molecule has 0 aliphatic heterocycles. The monoisotopic (exact) mass is 201 g/mol. The van der Waals surface area contributed by atoms with Crippen LogP contribution in [0.1, 0.15) is 34.7 Å². The van der Waals surface area contributed by atoms with Crippen LogP contribution in [-0.2, 0) is 0 Å². The minimum atomic E-state index is -0.0382. The van der Waals surface area contributed by atoms with Gasteiger partial charge in [0.15, 0.2) is 11.6 Å². The van der Waals surface area contributed by atoms with Gasteiger partial charge in [-0.15, -0.1) is 0 Å². The second-order valence-electron chi connectivity index (χ2n) is 3.51. The molecule has 0 unspecified atom stereocenters. The third-order valence-electron chi connectivity index (χ3n) is 2.42. The number of carbonyl (C=O) groups is 2. The Labute approximate surface area is 87.3 Å². The summed E-state index contributed by atoms with van der Waals surface area (Å²) in [6.45, 7) is 3.00. The Bertz CT molecular complexity index is 504. The van der Waals surface area contributed by atoms with E-state index in [1.54, 1.807) is 16.7 Å². The van der Waals surface area contributed by atoms with Crippen molar-refractivity contribution in [3.63, 3.8) is 0 Å². The first kappa shape index (κ1) is 9.65. The molecular weight excluding hydrogens is 190 g/mol. The second-order valence-corrected chi connectivity index (χ2v) is 3.51. The normalized spacial score (nSPS) is 10.5. The van der Waals surface area contributed by atoms with Crippen LogP contribution in [0.2, 0.25) is 0 Å². The number of ketones is 2. The summed E-state index contributed by atoms with van der Waals surface area (Å²) in [6, 6.07) is 7.18. The van der Waals surface area contributed by atoms with Gasteiger partial charge < -0.3 is 4.40 Å². The van der Waals surface area contributed by atoms with Crippen molar-refractivity contribution in [3.05, 3.63) is 41.7 Å². The van der Waals surface area contributed by atoms with Crippen molar-refractivity contribution in [1.29, 1.82) is 0 Å². The zero-order chi connectivity index (χ0) is 11.0. The van der Waals surface area contributed by atoms with Crippen LogP contribution >= 0.6 is 0 Å². The molecule has 3 heteroatoms. The highest BCUT2D eigenvalue weighted by Gasteiger charge is 2.13. The number of Topliss-reactive ketones (excluding diaryl/α,β-unsaturated/α-hetero) is 2. The first-order valence-corrected chi connectivity index (χ1v) is 4.73. The Balaban J connectivity index is 2.85. The minimum Gasteiger partial charge on any atom is -0.313 e. The minimum absolute atomic E-state index is 0.0220. The van der Waals surface area contributed by atoms with E-state index in [1.807, 2.05) is 18.2 Å². The third kappa shape index (κ3) is 1.46. The van der Waals surface area contributed by atoms with Crippen LogP contribution in [-0.4, -0.2) is 16.0 Å². The molecule has 2 rings (SSSR count). The van der Waals surface area contributed by atoms with Gasteiger partial charge in [-0.25, -0.2) is 0 Å². The number of hydrogen-bond donors (Lipinski definition) is 0. The lowest BCUT2D eigenvalue weighted by Gasteiger charge is -1.97. The quantitative estimate of drug-likeness (QED) is 0.699. The highest BCUT2D eigenvalue weighted by Crippen LogP contribution is 2.17. The van der Waals surface area contributed by atoms with E-state index in [2.05, 4.69) is 0 Å². The third-order valence-corrected chi connectivity index (χ3v) is 2.42. The molecule has 0 aliphatic rings. The van der Waals surface area contributed by atoms with Gasteiger partial charge in [0.05, 0.1) is 11.2 Å². The number of aromatic nitrogens is 1. The summed E-state index contributed by atoms with van der Waals surface area (Å²) in [5, 5.41) is 0. The van der Waals surface area contributed by atoms with Crippen LogP contribution < -0.4 is 0 Å². The molecule has 0 saturated heterocycles. The average Bonchev–Trinajstić information content (AvgIpc) is 2.56. The van der Waals surface area contributed by atoms with Gasteiger partial charge in [-0.2, -0.15) is 0 Å². The van der Waals surface area contributed by atoms with E-state index in [4.69, 9.17) is 0 Å². The number of nitrogens with zero attached hydrogens (tertiary/aromatic N) is 1. The molecule has 76 valence electrons. The molecule has 0 spiro atoms. The molecule has 0 aliphatic carbocycles. The molecule has 2 aromatic rings. The first-order valence-electron chi connectivity index (χ1n) is 4.73. The summed E-state index contributed by atoms with van der Waals surface area (Å²) in [5.41, 5.74) is 1.94. The zero-order valence-corrected chi connectivity index (χ0v) is 8.65. The fraction of sp³-hybridized carbons (Fsp3) is 0.167. The molecule has 15 heavy (non-hydrogen) atoms. The van der Waals surface area contributed by atoms with Gasteiger partial charge in [0.25, 0.3) is 0 Å². The molecule has 3 nitrogen and oxygen atoms in total. The molecule has 0 saturated carbocycles. The Morgan fingerprint density at radius 2 is 1.87 bits per heavy atom. The van der Waals surface area contributed by atoms with Crippen molar-refractivity contribution >= 4 is 17.1 Å². The van der Waals surface area contributed by atoms with Crippen molar-refractivity contribution < 1.29 is 9.59 Å². The standard InChI is InChI=1S/C12H11NO2/c1-8(14)10-7-12(9(2)15)13-6-4-3-5-11(10)13/h3-7H,1-2H3. The van der Waals surface area contributed by atoms with Crippen molar-refractivity contribution in [1.82, 2.24) is 4.40 Å². The number of pyridine rings is 1. The average molecular weight is 201 g/mol. The van der Waals surface area contributed by atoms with Crippen molar-refractivity contribution in [2.24, 2.45) is 0 Å². The molecule has 2 aromatic heterocycles. The predicted molar refractivity (Wildman–Crippen MR) is 57.4 cm³/mol. The molecule has 0 N–H and O–H groups in total. The number of carbonyl (C=O) groups excluding carboxylic acids is 2. The second kappa shape index (κ2) is 3.35. The fourth-order valence-corrected chi connectivity index (χ4v) is 1.71. The summed E-state index contributed by atoms with van der Waals surface area (Å²) in [6.07, 6.45) is 1.79. The van der Waals surface area contributed by atoms with E-state index in [0.29, 0.717) is 11.3 Å². The lowest BCUT2D eigenvalue weighted by molar-refractivity contribution is 0.101. The Hall–Kier alpha value is -1.90. The molecule has 0 amide bonds. The molecule has 0 aromatic carbocycles. The van der Waals surface area contributed by atoms with Gasteiger partial charge >= 0.3 is 0 Å². The first-order chi connectivity index (χ1) is 7.11. The van der Waals surface area contributed by atoms with Crippen LogP contribution in [0.15, 0.2) is 30.5 Å². The topological polar surface area (TPSA) is 38.5 Å². The molecule has 2 heterocycles. The van der Waals surface area contributed by atoms with Gasteiger partial charge in [-0.1, -0.05) is 6.07 Å². The summed E-state index contributed by atoms with van der Waals surface area (Å²) in [7, 11) is 0. The largest absolute Gasteiger partial charge is 0.313 e. The Morgan fingerprint density at radius 1 is 1.13 bits per heavy atom. The van der Waals surface area contributed by atoms with Gasteiger partial charge in [-0.05, 0) is 25.1 Å². The maximum atomic E-state index is 11.4. The molecule has 0 atom stereocenters. The van der Waals surface area contributed by atoms with Gasteiger partial charge in [0, 0.05) is 18.7 Å². The van der Waals surface area contributed by atoms with E-state index in [-0.39, 0.29) is 11.6 Å². The highest BCUT2D eigenvalue weighted by atomic mass is 16.1. The van der Waals surface area contributed by atoms with Crippen LogP contribution in [0, 0.1) is 0 Å². The Kier molecular flexibility index (Phi) is 2.15. The zero-order valence-electron chi connectivity index (χ0n) is 8.65. The van der Waals surface area contributed by atoms with Gasteiger partial charge in [0.2, 0.25) is 0 Å². The van der Waals surface area contributed by atoms with E-state index in [0.717, 1.165) is 5.52 Å². The maximum absolute atomic E-state index is 11.4. The SMILES string of the molecule is CC(=O)c1cc(C(C)=O)n2ccccc12. The lowest BCUT2D eigenvalue weighted by atomic mass is 10.2. The van der Waals surface area contributed by atoms with Gasteiger partial charge in [-0.3, -0.25) is 9.59 Å². The Morgan fingerprint density at radius 3 is 2.47 bits per heavy atom. The van der Waals surface area contributed by atoms with Crippen LogP contribution in [0.3, 0.4) is 0 Å². The summed E-state index contributed by atoms with van der Waals surface area (Å²) < 4.78 is 1.75. The lowest BCUT2D eigenvalue weighted by Crippen LogP contribution is -1.97.